The van der Waals surface area contributed by atoms with E-state index in [1.165, 1.54) is 18.9 Å². The van der Waals surface area contributed by atoms with Crippen LogP contribution in [0.3, 0.4) is 0 Å². The van der Waals surface area contributed by atoms with Crippen molar-refractivity contribution in [1.82, 2.24) is 9.97 Å². The molecule has 0 aliphatic rings. The molecule has 6 heteroatoms. The van der Waals surface area contributed by atoms with Gasteiger partial charge in [-0.05, 0) is 24.6 Å². The highest BCUT2D eigenvalue weighted by molar-refractivity contribution is 7.99. The summed E-state index contributed by atoms with van der Waals surface area (Å²) in [4.78, 5) is 18.5. The quantitative estimate of drug-likeness (QED) is 0.688. The van der Waals surface area contributed by atoms with Crippen molar-refractivity contribution in [3.05, 3.63) is 22.7 Å². The molecular weight excluding hydrogens is 260 g/mol. The van der Waals surface area contributed by atoms with Crippen LogP contribution >= 0.6 is 23.4 Å². The van der Waals surface area contributed by atoms with Crippen molar-refractivity contribution in [2.75, 3.05) is 12.9 Å². The van der Waals surface area contributed by atoms with Crippen molar-refractivity contribution < 1.29 is 9.53 Å². The highest BCUT2D eigenvalue weighted by atomic mass is 35.5. The summed E-state index contributed by atoms with van der Waals surface area (Å²) in [6.07, 6.45) is 0. The number of rotatable bonds is 3. The maximum Gasteiger partial charge on any atom is 0.316 e. The maximum atomic E-state index is 11.0. The molecule has 2 rings (SSSR count). The van der Waals surface area contributed by atoms with Crippen molar-refractivity contribution in [2.24, 2.45) is 0 Å². The molecule has 0 radical (unpaired) electrons. The number of esters is 1. The normalized spacial score (nSPS) is 10.8. The lowest BCUT2D eigenvalue weighted by molar-refractivity contribution is -0.137. The lowest BCUT2D eigenvalue weighted by Crippen LogP contribution is -2.02. The molecule has 0 spiro atoms. The molecule has 1 aromatic carbocycles. The van der Waals surface area contributed by atoms with E-state index in [1.807, 2.05) is 19.1 Å². The Labute approximate surface area is 108 Å². The van der Waals surface area contributed by atoms with Crippen molar-refractivity contribution in [1.29, 1.82) is 0 Å². The lowest BCUT2D eigenvalue weighted by atomic mass is 10.2. The van der Waals surface area contributed by atoms with Gasteiger partial charge in [-0.15, -0.1) is 0 Å². The summed E-state index contributed by atoms with van der Waals surface area (Å²) in [6.45, 7) is 1.93. The predicted octanol–water partition coefficient (Wildman–Crippen LogP) is 2.79. The monoisotopic (exact) mass is 270 g/mol. The molecule has 0 aliphatic heterocycles. The Morgan fingerprint density at radius 1 is 1.59 bits per heavy atom. The summed E-state index contributed by atoms with van der Waals surface area (Å²) in [5.41, 5.74) is 2.71. The summed E-state index contributed by atoms with van der Waals surface area (Å²) < 4.78 is 4.56. The third-order valence-corrected chi connectivity index (χ3v) is 3.55. The average molecular weight is 271 g/mol. The van der Waals surface area contributed by atoms with Crippen LogP contribution in [0, 0.1) is 6.92 Å². The Morgan fingerprint density at radius 2 is 2.35 bits per heavy atom. The second-order valence-electron chi connectivity index (χ2n) is 3.53. The van der Waals surface area contributed by atoms with Crippen LogP contribution in [0.2, 0.25) is 5.02 Å². The van der Waals surface area contributed by atoms with Crippen LogP contribution in [0.5, 0.6) is 0 Å². The summed E-state index contributed by atoms with van der Waals surface area (Å²) >= 11 is 7.32. The van der Waals surface area contributed by atoms with E-state index in [2.05, 4.69) is 14.7 Å². The molecule has 1 N–H and O–H groups in total. The topological polar surface area (TPSA) is 55.0 Å². The first-order valence-corrected chi connectivity index (χ1v) is 6.32. The fourth-order valence-corrected chi connectivity index (χ4v) is 2.25. The Hall–Kier alpha value is -1.20. The predicted molar refractivity (Wildman–Crippen MR) is 68.6 cm³/mol. The van der Waals surface area contributed by atoms with Crippen molar-refractivity contribution in [3.8, 4) is 0 Å². The van der Waals surface area contributed by atoms with E-state index in [0.29, 0.717) is 10.2 Å². The molecule has 0 aliphatic carbocycles. The fraction of sp³-hybridized carbons (Fsp3) is 0.273. The molecule has 4 nitrogen and oxygen atoms in total. The highest BCUT2D eigenvalue weighted by Crippen LogP contribution is 2.24. The summed E-state index contributed by atoms with van der Waals surface area (Å²) in [5, 5.41) is 1.38. The van der Waals surface area contributed by atoms with Gasteiger partial charge in [-0.2, -0.15) is 0 Å². The molecule has 0 bridgehead atoms. The molecular formula is C11H11ClN2O2S. The molecule has 17 heavy (non-hydrogen) atoms. The number of carbonyl (C=O) groups excluding carboxylic acids is 1. The number of fused-ring (bicyclic) bond motifs is 1. The van der Waals surface area contributed by atoms with Crippen molar-refractivity contribution >= 4 is 40.4 Å². The number of ether oxygens (including phenoxy) is 1. The molecule has 90 valence electrons. The van der Waals surface area contributed by atoms with Crippen molar-refractivity contribution in [3.63, 3.8) is 0 Å². The molecule has 0 saturated heterocycles. The number of methoxy groups -OCH3 is 1. The number of aromatic amines is 1. The number of carbonyl (C=O) groups is 1. The number of imidazole rings is 1. The molecule has 0 atom stereocenters. The van der Waals surface area contributed by atoms with E-state index in [-0.39, 0.29) is 11.7 Å². The van der Waals surface area contributed by atoms with Crippen LogP contribution in [0.25, 0.3) is 11.0 Å². The van der Waals surface area contributed by atoms with Gasteiger partial charge in [-0.1, -0.05) is 23.4 Å². The van der Waals surface area contributed by atoms with Crippen LogP contribution in [-0.2, 0) is 9.53 Å². The Bertz CT molecular complexity index is 529. The number of halogens is 1. The van der Waals surface area contributed by atoms with Crippen LogP contribution in [0.1, 0.15) is 5.56 Å². The fourth-order valence-electron chi connectivity index (χ4n) is 1.37. The van der Waals surface area contributed by atoms with E-state index < -0.39 is 0 Å². The second kappa shape index (κ2) is 4.98. The van der Waals surface area contributed by atoms with Gasteiger partial charge >= 0.3 is 5.97 Å². The Balaban J connectivity index is 2.23. The highest BCUT2D eigenvalue weighted by Gasteiger charge is 2.08. The van der Waals surface area contributed by atoms with Gasteiger partial charge in [0.15, 0.2) is 5.16 Å². The van der Waals surface area contributed by atoms with Gasteiger partial charge < -0.3 is 9.72 Å². The zero-order valence-corrected chi connectivity index (χ0v) is 11.0. The molecule has 0 fully saturated rings. The number of H-pyrrole nitrogens is 1. The maximum absolute atomic E-state index is 11.0. The van der Waals surface area contributed by atoms with E-state index in [0.717, 1.165) is 16.6 Å². The minimum atomic E-state index is -0.273. The minimum absolute atomic E-state index is 0.239. The third kappa shape index (κ3) is 2.73. The largest absolute Gasteiger partial charge is 0.468 e. The van der Waals surface area contributed by atoms with Gasteiger partial charge in [-0.25, -0.2) is 4.98 Å². The molecule has 0 saturated carbocycles. The number of aryl methyl sites for hydroxylation is 1. The SMILES string of the molecule is COC(=O)CSc1nc2cc(Cl)c(C)cc2[nH]1. The van der Waals surface area contributed by atoms with Crippen molar-refractivity contribution in [2.45, 2.75) is 12.1 Å². The number of benzene rings is 1. The van der Waals surface area contributed by atoms with E-state index >= 15 is 0 Å². The summed E-state index contributed by atoms with van der Waals surface area (Å²) in [6, 6.07) is 3.75. The van der Waals surface area contributed by atoms with E-state index in [9.17, 15) is 4.79 Å². The molecule has 2 aromatic rings. The first-order chi connectivity index (χ1) is 8.10. The third-order valence-electron chi connectivity index (χ3n) is 2.29. The molecule has 0 unspecified atom stereocenters. The van der Waals surface area contributed by atoms with Crippen LogP contribution < -0.4 is 0 Å². The van der Waals surface area contributed by atoms with Gasteiger partial charge in [-0.3, -0.25) is 4.79 Å². The summed E-state index contributed by atoms with van der Waals surface area (Å²) in [5.74, 6) is -0.0343. The smallest absolute Gasteiger partial charge is 0.316 e. The summed E-state index contributed by atoms with van der Waals surface area (Å²) in [7, 11) is 1.37. The lowest BCUT2D eigenvalue weighted by Gasteiger charge is -1.95. The zero-order chi connectivity index (χ0) is 12.4. The Kier molecular flexibility index (Phi) is 3.59. The molecule has 1 heterocycles. The average Bonchev–Trinajstić information content (AvgIpc) is 2.68. The van der Waals surface area contributed by atoms with Gasteiger partial charge in [0.1, 0.15) is 0 Å². The Morgan fingerprint density at radius 3 is 3.06 bits per heavy atom. The molecule has 0 amide bonds. The zero-order valence-electron chi connectivity index (χ0n) is 9.41. The van der Waals surface area contributed by atoms with E-state index in [4.69, 9.17) is 11.6 Å². The van der Waals surface area contributed by atoms with Gasteiger partial charge in [0.2, 0.25) is 0 Å². The first kappa shape index (κ1) is 12.3. The standard InChI is InChI=1S/C11H11ClN2O2S/c1-6-3-8-9(4-7(6)12)14-11(13-8)17-5-10(15)16-2/h3-4H,5H2,1-2H3,(H,13,14). The minimum Gasteiger partial charge on any atom is -0.468 e. The van der Waals surface area contributed by atoms with Crippen LogP contribution in [0.15, 0.2) is 17.3 Å². The second-order valence-corrected chi connectivity index (χ2v) is 4.90. The number of hydrogen-bond donors (Lipinski definition) is 1. The number of nitrogens with zero attached hydrogens (tertiary/aromatic N) is 1. The van der Waals surface area contributed by atoms with Gasteiger partial charge in [0, 0.05) is 5.02 Å². The van der Waals surface area contributed by atoms with Crippen LogP contribution in [0.4, 0.5) is 0 Å². The number of thioether (sulfide) groups is 1. The van der Waals surface area contributed by atoms with Gasteiger partial charge in [0.05, 0.1) is 23.9 Å². The number of nitrogens with one attached hydrogen (secondary N) is 1. The van der Waals surface area contributed by atoms with Crippen LogP contribution in [-0.4, -0.2) is 28.8 Å². The number of hydrogen-bond acceptors (Lipinski definition) is 4. The number of aromatic nitrogens is 2. The van der Waals surface area contributed by atoms with Gasteiger partial charge in [0.25, 0.3) is 0 Å². The van der Waals surface area contributed by atoms with E-state index in [1.54, 1.807) is 0 Å². The first-order valence-electron chi connectivity index (χ1n) is 4.95. The molecule has 1 aromatic heterocycles.